The minimum absolute atomic E-state index is 0. The van der Waals surface area contributed by atoms with Crippen molar-refractivity contribution in [2.45, 2.75) is 33.2 Å². The Morgan fingerprint density at radius 2 is 1.94 bits per heavy atom. The highest BCUT2D eigenvalue weighted by Crippen LogP contribution is 2.19. The monoisotopic (exact) mass is 540 g/mol. The lowest BCUT2D eigenvalue weighted by Crippen LogP contribution is -2.39. The van der Waals surface area contributed by atoms with E-state index in [-0.39, 0.29) is 24.0 Å². The third kappa shape index (κ3) is 8.78. The Balaban J connectivity index is 0.00000341. The van der Waals surface area contributed by atoms with Gasteiger partial charge in [-0.1, -0.05) is 17.7 Å². The predicted molar refractivity (Wildman–Crippen MR) is 138 cm³/mol. The van der Waals surface area contributed by atoms with Gasteiger partial charge >= 0.3 is 0 Å². The molecule has 0 atom stereocenters. The number of hydrogen-bond acceptors (Lipinski definition) is 5. The van der Waals surface area contributed by atoms with Crippen LogP contribution in [0.1, 0.15) is 31.0 Å². The van der Waals surface area contributed by atoms with E-state index in [1.807, 2.05) is 12.1 Å². The molecule has 0 amide bonds. The lowest BCUT2D eigenvalue weighted by Gasteiger charge is -2.20. The molecule has 31 heavy (non-hydrogen) atoms. The average Bonchev–Trinajstić information content (AvgIpc) is 3.12. The summed E-state index contributed by atoms with van der Waals surface area (Å²) in [5.41, 5.74) is 3.04. The van der Waals surface area contributed by atoms with Crippen LogP contribution in [-0.2, 0) is 6.54 Å². The van der Waals surface area contributed by atoms with Gasteiger partial charge in [0, 0.05) is 31.7 Å². The number of likely N-dealkylation sites (N-methyl/N-ethyl adjacent to an activating group) is 1. The first-order valence-electron chi connectivity index (χ1n) is 11.1. The highest BCUT2D eigenvalue weighted by atomic mass is 127. The molecule has 0 bridgehead atoms. The molecule has 7 nitrogen and oxygen atoms in total. The third-order valence-electron chi connectivity index (χ3n) is 5.35. The average molecular weight is 540 g/mol. The lowest BCUT2D eigenvalue weighted by atomic mass is 10.1. The van der Waals surface area contributed by atoms with Crippen LogP contribution in [0, 0.1) is 6.92 Å². The molecular formula is C23H37IN6O. The van der Waals surface area contributed by atoms with E-state index in [1.54, 1.807) is 6.26 Å². The molecule has 1 aromatic heterocycles. The molecule has 2 N–H and O–H groups in total. The van der Waals surface area contributed by atoms with Gasteiger partial charge in [0.15, 0.2) is 5.96 Å². The fraction of sp³-hybridized carbons (Fsp3) is 0.565. The summed E-state index contributed by atoms with van der Waals surface area (Å²) in [5, 5.41) is 6.76. The van der Waals surface area contributed by atoms with Crippen molar-refractivity contribution in [3.8, 4) is 11.5 Å². The summed E-state index contributed by atoms with van der Waals surface area (Å²) in [7, 11) is 2.21. The molecule has 2 heterocycles. The highest BCUT2D eigenvalue weighted by molar-refractivity contribution is 14.0. The number of hydrogen-bond donors (Lipinski definition) is 2. The van der Waals surface area contributed by atoms with Crippen LogP contribution in [0.15, 0.2) is 39.9 Å². The summed E-state index contributed by atoms with van der Waals surface area (Å²) < 4.78 is 5.64. The Labute approximate surface area is 203 Å². The maximum Gasteiger partial charge on any atom is 0.226 e. The first-order chi connectivity index (χ1) is 14.6. The van der Waals surface area contributed by atoms with Crippen molar-refractivity contribution >= 4 is 29.9 Å². The van der Waals surface area contributed by atoms with Gasteiger partial charge in [-0.2, -0.15) is 0 Å². The predicted octanol–water partition coefficient (Wildman–Crippen LogP) is 3.35. The van der Waals surface area contributed by atoms with E-state index in [2.05, 4.69) is 63.4 Å². The van der Waals surface area contributed by atoms with Crippen LogP contribution in [-0.4, -0.2) is 73.6 Å². The summed E-state index contributed by atoms with van der Waals surface area (Å²) in [6.07, 6.45) is 4.06. The summed E-state index contributed by atoms with van der Waals surface area (Å²) in [6, 6.07) is 8.19. The first kappa shape index (κ1) is 25.6. The van der Waals surface area contributed by atoms with Gasteiger partial charge < -0.3 is 24.9 Å². The Bertz CT molecular complexity index is 792. The number of aryl methyl sites for hydroxylation is 1. The molecule has 1 aliphatic rings. The molecule has 0 aliphatic carbocycles. The van der Waals surface area contributed by atoms with Gasteiger partial charge in [0.25, 0.3) is 0 Å². The zero-order chi connectivity index (χ0) is 21.2. The SMILES string of the molecule is CCNC(=NCc1coc(-c2ccc(C)cc2)n1)NCCCN1CCCN(C)CC1.I. The molecule has 1 aromatic carbocycles. The third-order valence-corrected chi connectivity index (χ3v) is 5.35. The van der Waals surface area contributed by atoms with Crippen molar-refractivity contribution in [3.63, 3.8) is 0 Å². The fourth-order valence-electron chi connectivity index (χ4n) is 3.54. The maximum absolute atomic E-state index is 5.64. The molecule has 1 saturated heterocycles. The second-order valence-corrected chi connectivity index (χ2v) is 7.98. The summed E-state index contributed by atoms with van der Waals surface area (Å²) in [6.45, 7) is 12.3. The molecule has 0 unspecified atom stereocenters. The van der Waals surface area contributed by atoms with E-state index in [1.165, 1.54) is 38.2 Å². The molecular weight excluding hydrogens is 503 g/mol. The van der Waals surface area contributed by atoms with Crippen molar-refractivity contribution < 1.29 is 4.42 Å². The fourth-order valence-corrected chi connectivity index (χ4v) is 3.54. The van der Waals surface area contributed by atoms with Crippen LogP contribution in [0.4, 0.5) is 0 Å². The van der Waals surface area contributed by atoms with Gasteiger partial charge in [0.05, 0.1) is 6.54 Å². The number of guanidine groups is 1. The Morgan fingerprint density at radius 1 is 1.13 bits per heavy atom. The number of oxazole rings is 1. The van der Waals surface area contributed by atoms with Gasteiger partial charge in [0.1, 0.15) is 12.0 Å². The standard InChI is InChI=1S/C23H36N6O.HI/c1-4-24-23(25-11-5-13-29-14-6-12-28(3)15-16-29)26-17-21-18-30-22(27-21)20-9-7-19(2)8-10-20;/h7-10,18H,4-6,11-17H2,1-3H3,(H2,24,25,26);1H. The first-order valence-corrected chi connectivity index (χ1v) is 11.1. The number of nitrogens with zero attached hydrogens (tertiary/aromatic N) is 4. The number of halogens is 1. The molecule has 172 valence electrons. The smallest absolute Gasteiger partial charge is 0.226 e. The minimum atomic E-state index is 0. The number of rotatable bonds is 8. The van der Waals surface area contributed by atoms with Crippen LogP contribution in [0.3, 0.4) is 0 Å². The van der Waals surface area contributed by atoms with Crippen molar-refractivity contribution in [2.24, 2.45) is 4.99 Å². The summed E-state index contributed by atoms with van der Waals surface area (Å²) >= 11 is 0. The minimum Gasteiger partial charge on any atom is -0.444 e. The number of nitrogens with one attached hydrogen (secondary N) is 2. The zero-order valence-corrected chi connectivity index (χ0v) is 21.4. The molecule has 1 aliphatic heterocycles. The van der Waals surface area contributed by atoms with Gasteiger partial charge in [0.2, 0.25) is 5.89 Å². The van der Waals surface area contributed by atoms with E-state index in [9.17, 15) is 0 Å². The van der Waals surface area contributed by atoms with E-state index in [4.69, 9.17) is 4.42 Å². The molecule has 3 rings (SSSR count). The van der Waals surface area contributed by atoms with Crippen molar-refractivity contribution in [2.75, 3.05) is 52.9 Å². The highest BCUT2D eigenvalue weighted by Gasteiger charge is 2.11. The van der Waals surface area contributed by atoms with E-state index >= 15 is 0 Å². The molecule has 0 saturated carbocycles. The lowest BCUT2D eigenvalue weighted by molar-refractivity contribution is 0.274. The normalized spacial score (nSPS) is 15.9. The second kappa shape index (κ2) is 13.7. The van der Waals surface area contributed by atoms with E-state index in [0.29, 0.717) is 12.4 Å². The number of aliphatic imine (C=N–C) groups is 1. The second-order valence-electron chi connectivity index (χ2n) is 7.98. The summed E-state index contributed by atoms with van der Waals surface area (Å²) in [4.78, 5) is 14.2. The Kier molecular flexibility index (Phi) is 11.3. The zero-order valence-electron chi connectivity index (χ0n) is 19.1. The quantitative estimate of drug-likeness (QED) is 0.232. The van der Waals surface area contributed by atoms with E-state index < -0.39 is 0 Å². The van der Waals surface area contributed by atoms with Crippen molar-refractivity contribution in [1.29, 1.82) is 0 Å². The van der Waals surface area contributed by atoms with Crippen LogP contribution in [0.5, 0.6) is 0 Å². The van der Waals surface area contributed by atoms with Gasteiger partial charge in [-0.3, -0.25) is 0 Å². The van der Waals surface area contributed by atoms with Gasteiger partial charge in [-0.15, -0.1) is 24.0 Å². The van der Waals surface area contributed by atoms with Crippen LogP contribution >= 0.6 is 24.0 Å². The van der Waals surface area contributed by atoms with Crippen LogP contribution < -0.4 is 10.6 Å². The Morgan fingerprint density at radius 3 is 2.71 bits per heavy atom. The topological polar surface area (TPSA) is 68.9 Å². The van der Waals surface area contributed by atoms with Crippen LogP contribution in [0.25, 0.3) is 11.5 Å². The van der Waals surface area contributed by atoms with Gasteiger partial charge in [-0.25, -0.2) is 9.98 Å². The maximum atomic E-state index is 5.64. The number of benzene rings is 1. The molecule has 0 radical (unpaired) electrons. The Hall–Kier alpha value is -1.65. The molecule has 0 spiro atoms. The summed E-state index contributed by atoms with van der Waals surface area (Å²) in [5.74, 6) is 1.47. The van der Waals surface area contributed by atoms with E-state index in [0.717, 1.165) is 43.3 Å². The largest absolute Gasteiger partial charge is 0.444 e. The van der Waals surface area contributed by atoms with Crippen molar-refractivity contribution in [1.82, 2.24) is 25.4 Å². The number of aromatic nitrogens is 1. The molecule has 2 aromatic rings. The van der Waals surface area contributed by atoms with Crippen LogP contribution in [0.2, 0.25) is 0 Å². The molecule has 8 heteroatoms. The van der Waals surface area contributed by atoms with Gasteiger partial charge in [-0.05, 0) is 65.5 Å². The van der Waals surface area contributed by atoms with Crippen molar-refractivity contribution in [3.05, 3.63) is 41.8 Å². The molecule has 1 fully saturated rings.